The van der Waals surface area contributed by atoms with Crippen molar-refractivity contribution >= 4 is 12.1 Å². The number of ether oxygens (including phenoxy) is 1. The molecule has 2 rings (SSSR count). The topological polar surface area (TPSA) is 71.7 Å². The second-order valence-corrected chi connectivity index (χ2v) is 5.58. The zero-order valence-corrected chi connectivity index (χ0v) is 11.8. The Kier molecular flexibility index (Phi) is 3.64. The summed E-state index contributed by atoms with van der Waals surface area (Å²) in [5.74, 6) is 0.615. The summed E-state index contributed by atoms with van der Waals surface area (Å²) in [6.45, 7) is 9.89. The lowest BCUT2D eigenvalue weighted by atomic mass is 10.2. The van der Waals surface area contributed by atoms with E-state index in [1.807, 2.05) is 25.7 Å². The van der Waals surface area contributed by atoms with Gasteiger partial charge in [-0.3, -0.25) is 0 Å². The third-order valence-electron chi connectivity index (χ3n) is 2.72. The summed E-state index contributed by atoms with van der Waals surface area (Å²) < 4.78 is 10.4. The molecule has 1 amide bonds. The van der Waals surface area contributed by atoms with Gasteiger partial charge in [0.1, 0.15) is 5.60 Å². The van der Waals surface area contributed by atoms with E-state index in [-0.39, 0.29) is 6.09 Å². The fourth-order valence-corrected chi connectivity index (χ4v) is 1.82. The van der Waals surface area contributed by atoms with Crippen LogP contribution in [-0.4, -0.2) is 52.9 Å². The number of aryl methyl sites for hydroxylation is 1. The number of aromatic nitrogens is 2. The Hall–Kier alpha value is -1.79. The van der Waals surface area contributed by atoms with Crippen molar-refractivity contribution in [2.75, 3.05) is 31.1 Å². The summed E-state index contributed by atoms with van der Waals surface area (Å²) in [4.78, 5) is 19.7. The highest BCUT2D eigenvalue weighted by molar-refractivity contribution is 5.68. The quantitative estimate of drug-likeness (QED) is 0.767. The maximum atomic E-state index is 11.9. The summed E-state index contributed by atoms with van der Waals surface area (Å²) >= 11 is 0. The van der Waals surface area contributed by atoms with E-state index < -0.39 is 5.60 Å². The van der Waals surface area contributed by atoms with Crippen LogP contribution < -0.4 is 4.90 Å². The molecule has 0 spiro atoms. The zero-order valence-electron chi connectivity index (χ0n) is 11.8. The van der Waals surface area contributed by atoms with Crippen LogP contribution in [-0.2, 0) is 4.74 Å². The second kappa shape index (κ2) is 5.07. The van der Waals surface area contributed by atoms with Crippen molar-refractivity contribution in [3.63, 3.8) is 0 Å². The van der Waals surface area contributed by atoms with Gasteiger partial charge in [0.2, 0.25) is 0 Å². The molecule has 1 aromatic heterocycles. The van der Waals surface area contributed by atoms with Crippen molar-refractivity contribution < 1.29 is 14.1 Å². The SMILES string of the molecule is Cc1noc(N2CCN(C(=O)OC(C)(C)C)CC2)n1. The summed E-state index contributed by atoms with van der Waals surface area (Å²) in [6, 6.07) is 0.515. The lowest BCUT2D eigenvalue weighted by Gasteiger charge is -2.34. The molecule has 0 saturated carbocycles. The Morgan fingerprint density at radius 3 is 2.37 bits per heavy atom. The number of carbonyl (C=O) groups excluding carboxylic acids is 1. The molecule has 0 atom stereocenters. The average Bonchev–Trinajstić information content (AvgIpc) is 2.74. The molecule has 1 aliphatic rings. The van der Waals surface area contributed by atoms with E-state index >= 15 is 0 Å². The van der Waals surface area contributed by atoms with E-state index in [2.05, 4.69) is 10.1 Å². The lowest BCUT2D eigenvalue weighted by Crippen LogP contribution is -2.50. The fraction of sp³-hybridized carbons (Fsp3) is 0.750. The third kappa shape index (κ3) is 3.59. The minimum atomic E-state index is -0.460. The summed E-state index contributed by atoms with van der Waals surface area (Å²) in [5, 5.41) is 3.76. The molecule has 1 aromatic rings. The Bertz CT molecular complexity index is 444. The number of hydrogen-bond acceptors (Lipinski definition) is 6. The molecule has 0 aromatic carbocycles. The van der Waals surface area contributed by atoms with Gasteiger partial charge < -0.3 is 19.1 Å². The monoisotopic (exact) mass is 268 g/mol. The van der Waals surface area contributed by atoms with E-state index in [9.17, 15) is 4.79 Å². The first-order chi connectivity index (χ1) is 8.85. The molecule has 0 radical (unpaired) electrons. The van der Waals surface area contributed by atoms with Crippen LogP contribution in [0.4, 0.5) is 10.8 Å². The van der Waals surface area contributed by atoms with Gasteiger partial charge in [-0.1, -0.05) is 5.16 Å². The molecule has 0 unspecified atom stereocenters. The zero-order chi connectivity index (χ0) is 14.0. The maximum absolute atomic E-state index is 11.9. The summed E-state index contributed by atoms with van der Waals surface area (Å²) in [7, 11) is 0. The number of rotatable bonds is 1. The van der Waals surface area contributed by atoms with Gasteiger partial charge in [-0.05, 0) is 27.7 Å². The van der Waals surface area contributed by atoms with E-state index in [0.717, 1.165) is 0 Å². The van der Waals surface area contributed by atoms with Crippen LogP contribution in [0, 0.1) is 6.92 Å². The first kappa shape index (κ1) is 13.6. The fourth-order valence-electron chi connectivity index (χ4n) is 1.82. The molecular formula is C12H20N4O3. The Morgan fingerprint density at radius 1 is 1.26 bits per heavy atom. The molecule has 0 bridgehead atoms. The van der Waals surface area contributed by atoms with E-state index in [0.29, 0.717) is 38.0 Å². The largest absolute Gasteiger partial charge is 0.444 e. The Labute approximate surface area is 112 Å². The van der Waals surface area contributed by atoms with E-state index in [1.54, 1.807) is 11.8 Å². The molecule has 2 heterocycles. The van der Waals surface area contributed by atoms with Gasteiger partial charge in [0.25, 0.3) is 0 Å². The number of hydrogen-bond donors (Lipinski definition) is 0. The van der Waals surface area contributed by atoms with Gasteiger partial charge >= 0.3 is 12.1 Å². The Balaban J connectivity index is 1.87. The van der Waals surface area contributed by atoms with Crippen LogP contribution in [0.3, 0.4) is 0 Å². The van der Waals surface area contributed by atoms with Crippen LogP contribution in [0.5, 0.6) is 0 Å². The molecule has 7 heteroatoms. The first-order valence-electron chi connectivity index (χ1n) is 6.38. The van der Waals surface area contributed by atoms with Crippen LogP contribution in [0.15, 0.2) is 4.52 Å². The van der Waals surface area contributed by atoms with Crippen molar-refractivity contribution in [1.82, 2.24) is 15.0 Å². The summed E-state index contributed by atoms with van der Waals surface area (Å²) in [5.41, 5.74) is -0.460. The van der Waals surface area contributed by atoms with Gasteiger partial charge in [-0.2, -0.15) is 4.98 Å². The standard InChI is InChI=1S/C12H20N4O3/c1-9-13-10(19-14-9)15-5-7-16(8-6-15)11(17)18-12(2,3)4/h5-8H2,1-4H3. The average molecular weight is 268 g/mol. The van der Waals surface area contributed by atoms with Crippen molar-refractivity contribution in [2.45, 2.75) is 33.3 Å². The van der Waals surface area contributed by atoms with E-state index in [4.69, 9.17) is 9.26 Å². The molecule has 1 fully saturated rings. The molecule has 0 N–H and O–H groups in total. The van der Waals surface area contributed by atoms with Crippen LogP contribution >= 0.6 is 0 Å². The van der Waals surface area contributed by atoms with Crippen molar-refractivity contribution in [3.8, 4) is 0 Å². The molecule has 106 valence electrons. The first-order valence-corrected chi connectivity index (χ1v) is 6.38. The van der Waals surface area contributed by atoms with Crippen LogP contribution in [0.25, 0.3) is 0 Å². The summed E-state index contributed by atoms with van der Waals surface area (Å²) in [6.07, 6.45) is -0.270. The van der Waals surface area contributed by atoms with Crippen LogP contribution in [0.2, 0.25) is 0 Å². The molecule has 1 aliphatic heterocycles. The van der Waals surface area contributed by atoms with Gasteiger partial charge in [-0.25, -0.2) is 4.79 Å². The smallest absolute Gasteiger partial charge is 0.410 e. The molecule has 7 nitrogen and oxygen atoms in total. The Morgan fingerprint density at radius 2 is 1.89 bits per heavy atom. The maximum Gasteiger partial charge on any atom is 0.410 e. The van der Waals surface area contributed by atoms with E-state index in [1.165, 1.54) is 0 Å². The minimum absolute atomic E-state index is 0.270. The lowest BCUT2D eigenvalue weighted by molar-refractivity contribution is 0.0238. The van der Waals surface area contributed by atoms with Gasteiger partial charge in [-0.15, -0.1) is 0 Å². The van der Waals surface area contributed by atoms with Crippen molar-refractivity contribution in [3.05, 3.63) is 5.82 Å². The second-order valence-electron chi connectivity index (χ2n) is 5.58. The van der Waals surface area contributed by atoms with Gasteiger partial charge in [0, 0.05) is 26.2 Å². The van der Waals surface area contributed by atoms with Gasteiger partial charge in [0.05, 0.1) is 0 Å². The van der Waals surface area contributed by atoms with Crippen LogP contribution in [0.1, 0.15) is 26.6 Å². The van der Waals surface area contributed by atoms with Crippen molar-refractivity contribution in [1.29, 1.82) is 0 Å². The minimum Gasteiger partial charge on any atom is -0.444 e. The number of piperazine rings is 1. The van der Waals surface area contributed by atoms with Gasteiger partial charge in [0.15, 0.2) is 5.82 Å². The molecule has 1 saturated heterocycles. The normalized spacial score (nSPS) is 16.6. The predicted molar refractivity (Wildman–Crippen MR) is 69.1 cm³/mol. The molecule has 0 aliphatic carbocycles. The highest BCUT2D eigenvalue weighted by Gasteiger charge is 2.27. The predicted octanol–water partition coefficient (Wildman–Crippen LogP) is 1.44. The third-order valence-corrected chi connectivity index (χ3v) is 2.72. The number of nitrogens with zero attached hydrogens (tertiary/aromatic N) is 4. The highest BCUT2D eigenvalue weighted by Crippen LogP contribution is 2.15. The molecule has 19 heavy (non-hydrogen) atoms. The number of carbonyl (C=O) groups is 1. The molecular weight excluding hydrogens is 248 g/mol. The highest BCUT2D eigenvalue weighted by atomic mass is 16.6. The van der Waals surface area contributed by atoms with Crippen molar-refractivity contribution in [2.24, 2.45) is 0 Å². The number of anilines is 1. The number of amides is 1.